The maximum absolute atomic E-state index is 12.9. The average Bonchev–Trinajstić information content (AvgIpc) is 2.60. The number of hydrogen-bond donors (Lipinski definition) is 1. The summed E-state index contributed by atoms with van der Waals surface area (Å²) in [4.78, 5) is 26.6. The second-order valence-corrected chi connectivity index (χ2v) is 7.00. The number of carbonyl (C=O) groups is 2. The van der Waals surface area contributed by atoms with Crippen molar-refractivity contribution in [2.24, 2.45) is 0 Å². The van der Waals surface area contributed by atoms with E-state index in [9.17, 15) is 9.59 Å². The molecule has 1 aliphatic rings. The van der Waals surface area contributed by atoms with Crippen molar-refractivity contribution < 1.29 is 9.59 Å². The predicted molar refractivity (Wildman–Crippen MR) is 108 cm³/mol. The van der Waals surface area contributed by atoms with Crippen LogP contribution in [0.1, 0.15) is 36.5 Å². The molecule has 0 aromatic heterocycles. The van der Waals surface area contributed by atoms with Crippen LogP contribution in [-0.2, 0) is 9.59 Å². The van der Waals surface area contributed by atoms with Crippen LogP contribution in [0.4, 0.5) is 5.69 Å². The summed E-state index contributed by atoms with van der Waals surface area (Å²) in [6.45, 7) is 6.20. The summed E-state index contributed by atoms with van der Waals surface area (Å²) < 4.78 is 0. The molecule has 2 aromatic rings. The summed E-state index contributed by atoms with van der Waals surface area (Å²) in [5, 5.41) is 2.70. The predicted octanol–water partition coefficient (Wildman–Crippen LogP) is 3.95. The van der Waals surface area contributed by atoms with Gasteiger partial charge in [0, 0.05) is 0 Å². The Morgan fingerprint density at radius 1 is 1.00 bits per heavy atom. The van der Waals surface area contributed by atoms with Crippen molar-refractivity contribution in [3.8, 4) is 0 Å². The van der Waals surface area contributed by atoms with E-state index in [0.29, 0.717) is 11.6 Å². The zero-order valence-electron chi connectivity index (χ0n) is 14.9. The van der Waals surface area contributed by atoms with Crippen LogP contribution in [0.15, 0.2) is 54.1 Å². The molecule has 2 amide bonds. The molecule has 1 heterocycles. The Morgan fingerprint density at radius 3 is 2.19 bits per heavy atom. The highest BCUT2D eigenvalue weighted by atomic mass is 32.1. The number of thiocarbonyl (C=S) groups is 1. The Bertz CT molecular complexity index is 897. The van der Waals surface area contributed by atoms with Crippen LogP contribution in [0, 0.1) is 6.92 Å². The molecule has 4 nitrogen and oxygen atoms in total. The third-order valence-electron chi connectivity index (χ3n) is 4.31. The minimum Gasteiger partial charge on any atom is -0.298 e. The molecule has 5 heteroatoms. The number of rotatable bonds is 3. The van der Waals surface area contributed by atoms with Crippen molar-refractivity contribution >= 4 is 40.9 Å². The van der Waals surface area contributed by atoms with Crippen molar-refractivity contribution in [3.05, 3.63) is 70.8 Å². The van der Waals surface area contributed by atoms with Crippen molar-refractivity contribution in [2.75, 3.05) is 4.90 Å². The van der Waals surface area contributed by atoms with Gasteiger partial charge in [0.1, 0.15) is 5.57 Å². The molecule has 0 aliphatic carbocycles. The van der Waals surface area contributed by atoms with Crippen molar-refractivity contribution in [1.29, 1.82) is 0 Å². The smallest absolute Gasteiger partial charge is 0.270 e. The molecule has 1 aliphatic heterocycles. The lowest BCUT2D eigenvalue weighted by molar-refractivity contribution is -0.122. The Hall–Kier alpha value is -2.79. The van der Waals surface area contributed by atoms with Gasteiger partial charge in [-0.15, -0.1) is 0 Å². The van der Waals surface area contributed by atoms with Crippen LogP contribution in [0.25, 0.3) is 6.08 Å². The van der Waals surface area contributed by atoms with Gasteiger partial charge >= 0.3 is 0 Å². The highest BCUT2D eigenvalue weighted by Gasteiger charge is 2.34. The molecule has 1 saturated heterocycles. The van der Waals surface area contributed by atoms with Crippen LogP contribution in [0.2, 0.25) is 0 Å². The highest BCUT2D eigenvalue weighted by molar-refractivity contribution is 7.80. The summed E-state index contributed by atoms with van der Waals surface area (Å²) in [7, 11) is 0. The van der Waals surface area contributed by atoms with Gasteiger partial charge in [-0.25, -0.2) is 0 Å². The normalized spacial score (nSPS) is 16.4. The third-order valence-corrected chi connectivity index (χ3v) is 4.59. The van der Waals surface area contributed by atoms with E-state index >= 15 is 0 Å². The molecule has 0 saturated carbocycles. The minimum atomic E-state index is -0.476. The Labute approximate surface area is 158 Å². The van der Waals surface area contributed by atoms with Gasteiger partial charge in [0.15, 0.2) is 5.11 Å². The van der Waals surface area contributed by atoms with Gasteiger partial charge < -0.3 is 0 Å². The summed E-state index contributed by atoms with van der Waals surface area (Å²) in [5.74, 6) is -0.474. The van der Waals surface area contributed by atoms with Crippen LogP contribution >= 0.6 is 12.2 Å². The van der Waals surface area contributed by atoms with Gasteiger partial charge in [-0.3, -0.25) is 19.8 Å². The maximum atomic E-state index is 12.9. The molecule has 1 fully saturated rings. The number of aryl methyl sites for hydroxylation is 1. The van der Waals surface area contributed by atoms with E-state index < -0.39 is 11.8 Å². The van der Waals surface area contributed by atoms with Crippen LogP contribution in [-0.4, -0.2) is 16.9 Å². The standard InChI is InChI=1S/C21H20N2O2S/c1-13(2)16-8-6-15(7-9-16)12-18-19(24)22-21(26)23(20(18)25)17-10-4-14(3)5-11-17/h4-13H,1-3H3,(H,22,24,26). The lowest BCUT2D eigenvalue weighted by Gasteiger charge is -2.29. The van der Waals surface area contributed by atoms with E-state index in [1.165, 1.54) is 10.5 Å². The van der Waals surface area contributed by atoms with Gasteiger partial charge in [-0.05, 0) is 54.4 Å². The minimum absolute atomic E-state index is 0.0662. The maximum Gasteiger partial charge on any atom is 0.270 e. The molecular formula is C21H20N2O2S. The number of anilines is 1. The quantitative estimate of drug-likeness (QED) is 0.510. The molecule has 0 spiro atoms. The van der Waals surface area contributed by atoms with Gasteiger partial charge in [0.2, 0.25) is 0 Å². The summed E-state index contributed by atoms with van der Waals surface area (Å²) in [6.07, 6.45) is 1.60. The third kappa shape index (κ3) is 3.58. The van der Waals surface area contributed by atoms with Gasteiger partial charge in [0.25, 0.3) is 11.8 Å². The molecule has 0 radical (unpaired) electrons. The molecular weight excluding hydrogens is 344 g/mol. The fourth-order valence-corrected chi connectivity index (χ4v) is 3.01. The van der Waals surface area contributed by atoms with Gasteiger partial charge in [0.05, 0.1) is 5.69 Å². The molecule has 26 heavy (non-hydrogen) atoms. The SMILES string of the molecule is Cc1ccc(N2C(=O)C(=Cc3ccc(C(C)C)cc3)C(=O)NC2=S)cc1. The molecule has 0 atom stereocenters. The number of hydrogen-bond acceptors (Lipinski definition) is 3. The Morgan fingerprint density at radius 2 is 1.62 bits per heavy atom. The van der Waals surface area contributed by atoms with Crippen molar-refractivity contribution in [3.63, 3.8) is 0 Å². The van der Waals surface area contributed by atoms with Gasteiger partial charge in [-0.1, -0.05) is 55.8 Å². The van der Waals surface area contributed by atoms with E-state index in [-0.39, 0.29) is 10.7 Å². The van der Waals surface area contributed by atoms with Crippen molar-refractivity contribution in [1.82, 2.24) is 5.32 Å². The fraction of sp³-hybridized carbons (Fsp3) is 0.190. The monoisotopic (exact) mass is 364 g/mol. The van der Waals surface area contributed by atoms with E-state index in [1.54, 1.807) is 6.08 Å². The molecule has 1 N–H and O–H groups in total. The van der Waals surface area contributed by atoms with Gasteiger partial charge in [-0.2, -0.15) is 0 Å². The number of amides is 2. The van der Waals surface area contributed by atoms with E-state index in [1.807, 2.05) is 55.5 Å². The number of carbonyl (C=O) groups excluding carboxylic acids is 2. The molecule has 3 rings (SSSR count). The summed E-state index contributed by atoms with van der Waals surface area (Å²) in [5.41, 5.74) is 3.77. The highest BCUT2D eigenvalue weighted by Crippen LogP contribution is 2.23. The van der Waals surface area contributed by atoms with E-state index in [0.717, 1.165) is 11.1 Å². The first-order valence-corrected chi connectivity index (χ1v) is 8.85. The van der Waals surface area contributed by atoms with Crippen LogP contribution in [0.3, 0.4) is 0 Å². The first-order chi connectivity index (χ1) is 12.4. The fourth-order valence-electron chi connectivity index (χ4n) is 2.73. The summed E-state index contributed by atoms with van der Waals surface area (Å²) in [6, 6.07) is 15.2. The lowest BCUT2D eigenvalue weighted by Crippen LogP contribution is -2.54. The summed E-state index contributed by atoms with van der Waals surface area (Å²) >= 11 is 5.21. The molecule has 132 valence electrons. The second-order valence-electron chi connectivity index (χ2n) is 6.61. The zero-order valence-corrected chi connectivity index (χ0v) is 15.8. The lowest BCUT2D eigenvalue weighted by atomic mass is 10.0. The van der Waals surface area contributed by atoms with Crippen LogP contribution in [0.5, 0.6) is 0 Å². The van der Waals surface area contributed by atoms with E-state index in [4.69, 9.17) is 12.2 Å². The number of benzene rings is 2. The van der Waals surface area contributed by atoms with Crippen molar-refractivity contribution in [2.45, 2.75) is 26.7 Å². The Kier molecular flexibility index (Phi) is 5.00. The largest absolute Gasteiger partial charge is 0.298 e. The zero-order chi connectivity index (χ0) is 18.8. The first kappa shape index (κ1) is 18.0. The number of nitrogens with one attached hydrogen (secondary N) is 1. The second kappa shape index (κ2) is 7.22. The van der Waals surface area contributed by atoms with E-state index in [2.05, 4.69) is 19.2 Å². The average molecular weight is 364 g/mol. The molecule has 2 aromatic carbocycles. The molecule has 0 bridgehead atoms. The number of nitrogens with zero attached hydrogens (tertiary/aromatic N) is 1. The topological polar surface area (TPSA) is 49.4 Å². The van der Waals surface area contributed by atoms with Crippen LogP contribution < -0.4 is 10.2 Å². The Balaban J connectivity index is 1.95. The first-order valence-electron chi connectivity index (χ1n) is 8.45. The molecule has 0 unspecified atom stereocenters.